The molecule has 106 valence electrons. The molecule has 1 aliphatic heterocycles. The number of H-pyrrole nitrogens is 1. The van der Waals surface area contributed by atoms with Crippen LogP contribution in [0.2, 0.25) is 0 Å². The number of hydrogen-bond acceptors (Lipinski definition) is 1. The van der Waals surface area contributed by atoms with Gasteiger partial charge in [0.1, 0.15) is 9.36 Å². The van der Waals surface area contributed by atoms with Gasteiger partial charge < -0.3 is 4.98 Å². The lowest BCUT2D eigenvalue weighted by Crippen LogP contribution is -2.43. The van der Waals surface area contributed by atoms with Crippen LogP contribution in [0.1, 0.15) is 16.8 Å². The van der Waals surface area contributed by atoms with Crippen molar-refractivity contribution in [2.45, 2.75) is 9.97 Å². The van der Waals surface area contributed by atoms with Gasteiger partial charge in [-0.05, 0) is 58.3 Å². The summed E-state index contributed by atoms with van der Waals surface area (Å²) in [6.07, 6.45) is 0.986. The molecule has 2 aromatic carbocycles. The van der Waals surface area contributed by atoms with E-state index in [2.05, 4.69) is 51.1 Å². The Labute approximate surface area is 135 Å². The van der Waals surface area contributed by atoms with Crippen LogP contribution in [0, 0.1) is 5.82 Å². The fourth-order valence-electron chi connectivity index (χ4n) is 3.15. The highest BCUT2D eigenvalue weighted by molar-refractivity contribution is 14.1. The first-order chi connectivity index (χ1) is 10.2. The molecule has 1 atom stereocenters. The third-order valence-corrected chi connectivity index (χ3v) is 5.67. The lowest BCUT2D eigenvalue weighted by molar-refractivity contribution is 0.533. The van der Waals surface area contributed by atoms with Gasteiger partial charge in [0, 0.05) is 17.4 Å². The third-order valence-electron chi connectivity index (χ3n) is 4.12. The van der Waals surface area contributed by atoms with Gasteiger partial charge in [-0.1, -0.05) is 30.3 Å². The molecule has 0 saturated carbocycles. The van der Waals surface area contributed by atoms with Gasteiger partial charge in [0.25, 0.3) is 0 Å². The average Bonchev–Trinajstić information content (AvgIpc) is 2.88. The van der Waals surface area contributed by atoms with Crippen molar-refractivity contribution in [3.05, 3.63) is 71.2 Å². The molecular weight excluding hydrogens is 378 g/mol. The summed E-state index contributed by atoms with van der Waals surface area (Å²) in [5, 5.41) is 4.81. The van der Waals surface area contributed by atoms with Crippen LogP contribution in [0.25, 0.3) is 10.9 Å². The lowest BCUT2D eigenvalue weighted by Gasteiger charge is -2.34. The second-order valence-electron chi connectivity index (χ2n) is 5.37. The minimum absolute atomic E-state index is 0.200. The van der Waals surface area contributed by atoms with Crippen LogP contribution < -0.4 is 5.32 Å². The standard InChI is InChI=1S/C17H14FIN2/c18-12-5-3-4-11(10-12)17(19)16-14(8-9-20-17)13-6-1-2-7-15(13)21-16/h1-7,10,20-21H,8-9H2. The first-order valence-electron chi connectivity index (χ1n) is 6.98. The zero-order chi connectivity index (χ0) is 14.4. The van der Waals surface area contributed by atoms with Gasteiger partial charge in [0.2, 0.25) is 0 Å². The summed E-state index contributed by atoms with van der Waals surface area (Å²) in [6, 6.07) is 15.2. The maximum atomic E-state index is 13.6. The van der Waals surface area contributed by atoms with E-state index in [1.807, 2.05) is 12.1 Å². The summed E-state index contributed by atoms with van der Waals surface area (Å²) in [7, 11) is 0. The number of aromatic nitrogens is 1. The molecular formula is C17H14FIN2. The van der Waals surface area contributed by atoms with Crippen LogP contribution in [0.4, 0.5) is 4.39 Å². The average molecular weight is 392 g/mol. The van der Waals surface area contributed by atoms with E-state index in [0.717, 1.165) is 29.7 Å². The molecule has 1 aromatic heterocycles. The zero-order valence-electron chi connectivity index (χ0n) is 11.3. The van der Waals surface area contributed by atoms with Gasteiger partial charge >= 0.3 is 0 Å². The molecule has 0 fully saturated rings. The Morgan fingerprint density at radius 1 is 1.10 bits per heavy atom. The molecule has 0 saturated heterocycles. The number of aromatic amines is 1. The van der Waals surface area contributed by atoms with Crippen molar-refractivity contribution in [2.24, 2.45) is 0 Å². The van der Waals surface area contributed by atoms with Crippen molar-refractivity contribution in [3.63, 3.8) is 0 Å². The number of fused-ring (bicyclic) bond motifs is 3. The maximum Gasteiger partial charge on any atom is 0.137 e. The summed E-state index contributed by atoms with van der Waals surface area (Å²) in [4.78, 5) is 3.53. The van der Waals surface area contributed by atoms with Crippen LogP contribution in [0.5, 0.6) is 0 Å². The summed E-state index contributed by atoms with van der Waals surface area (Å²) in [5.41, 5.74) is 4.56. The third kappa shape index (κ3) is 2.00. The molecule has 2 N–H and O–H groups in total. The van der Waals surface area contributed by atoms with Crippen molar-refractivity contribution in [2.75, 3.05) is 6.54 Å². The minimum Gasteiger partial charge on any atom is -0.356 e. The van der Waals surface area contributed by atoms with Gasteiger partial charge in [-0.2, -0.15) is 0 Å². The van der Waals surface area contributed by atoms with E-state index < -0.39 is 3.55 Å². The number of nitrogens with one attached hydrogen (secondary N) is 2. The second-order valence-corrected chi connectivity index (χ2v) is 6.99. The quantitative estimate of drug-likeness (QED) is 0.365. The fourth-order valence-corrected chi connectivity index (χ4v) is 4.22. The van der Waals surface area contributed by atoms with Crippen LogP contribution >= 0.6 is 22.6 Å². The molecule has 4 heteroatoms. The number of halogens is 2. The van der Waals surface area contributed by atoms with E-state index in [-0.39, 0.29) is 5.82 Å². The highest BCUT2D eigenvalue weighted by atomic mass is 127. The van der Waals surface area contributed by atoms with Crippen molar-refractivity contribution in [1.29, 1.82) is 0 Å². The summed E-state index contributed by atoms with van der Waals surface area (Å²) in [5.74, 6) is -0.200. The number of rotatable bonds is 1. The van der Waals surface area contributed by atoms with Crippen LogP contribution in [0.3, 0.4) is 0 Å². The molecule has 21 heavy (non-hydrogen) atoms. The molecule has 0 spiro atoms. The van der Waals surface area contributed by atoms with Crippen molar-refractivity contribution in [1.82, 2.24) is 10.3 Å². The first kappa shape index (κ1) is 13.3. The van der Waals surface area contributed by atoms with E-state index in [0.29, 0.717) is 0 Å². The molecule has 1 aliphatic rings. The monoisotopic (exact) mass is 392 g/mol. The van der Waals surface area contributed by atoms with E-state index in [1.54, 1.807) is 12.1 Å². The van der Waals surface area contributed by atoms with Crippen LogP contribution in [-0.2, 0) is 9.97 Å². The predicted octanol–water partition coefficient (Wildman–Crippen LogP) is 4.09. The molecule has 0 amide bonds. The Bertz CT molecular complexity index is 827. The Kier molecular flexibility index (Phi) is 3.04. The highest BCUT2D eigenvalue weighted by Gasteiger charge is 2.38. The SMILES string of the molecule is Fc1cccc(C2(I)NCCc3c2[nH]c2ccccc32)c1. The Hall–Kier alpha value is -1.40. The van der Waals surface area contributed by atoms with E-state index in [1.165, 1.54) is 17.0 Å². The normalized spacial score (nSPS) is 21.4. The van der Waals surface area contributed by atoms with E-state index in [4.69, 9.17) is 0 Å². The van der Waals surface area contributed by atoms with Gasteiger partial charge in [0.15, 0.2) is 0 Å². The number of para-hydroxylation sites is 1. The van der Waals surface area contributed by atoms with Crippen molar-refractivity contribution in [3.8, 4) is 0 Å². The highest BCUT2D eigenvalue weighted by Crippen LogP contribution is 2.42. The topological polar surface area (TPSA) is 27.8 Å². The predicted molar refractivity (Wildman–Crippen MR) is 91.2 cm³/mol. The van der Waals surface area contributed by atoms with Crippen LogP contribution in [-0.4, -0.2) is 11.5 Å². The van der Waals surface area contributed by atoms with Gasteiger partial charge in [0.05, 0.1) is 5.69 Å². The van der Waals surface area contributed by atoms with Gasteiger partial charge in [-0.25, -0.2) is 4.39 Å². The Morgan fingerprint density at radius 3 is 2.81 bits per heavy atom. The molecule has 3 aromatic rings. The first-order valence-corrected chi connectivity index (χ1v) is 8.06. The number of alkyl halides is 1. The number of benzene rings is 2. The molecule has 0 radical (unpaired) electrons. The van der Waals surface area contributed by atoms with Crippen molar-refractivity contribution >= 4 is 33.5 Å². The number of hydrogen-bond donors (Lipinski definition) is 2. The molecule has 0 bridgehead atoms. The second kappa shape index (κ2) is 4.81. The molecule has 1 unspecified atom stereocenters. The van der Waals surface area contributed by atoms with Crippen molar-refractivity contribution < 1.29 is 4.39 Å². The summed E-state index contributed by atoms with van der Waals surface area (Å²) >= 11 is 2.39. The molecule has 2 heterocycles. The molecule has 0 aliphatic carbocycles. The summed E-state index contributed by atoms with van der Waals surface area (Å²) in [6.45, 7) is 0.883. The Balaban J connectivity index is 1.97. The lowest BCUT2D eigenvalue weighted by atomic mass is 9.94. The molecule has 4 rings (SSSR count). The fraction of sp³-hybridized carbons (Fsp3) is 0.176. The maximum absolute atomic E-state index is 13.6. The van der Waals surface area contributed by atoms with E-state index in [9.17, 15) is 4.39 Å². The minimum atomic E-state index is -0.410. The molecule has 2 nitrogen and oxygen atoms in total. The Morgan fingerprint density at radius 2 is 1.95 bits per heavy atom. The van der Waals surface area contributed by atoms with E-state index >= 15 is 0 Å². The van der Waals surface area contributed by atoms with Gasteiger partial charge in [-0.3, -0.25) is 5.32 Å². The van der Waals surface area contributed by atoms with Gasteiger partial charge in [-0.15, -0.1) is 0 Å². The zero-order valence-corrected chi connectivity index (χ0v) is 13.4. The summed E-state index contributed by atoms with van der Waals surface area (Å²) < 4.78 is 13.2. The largest absolute Gasteiger partial charge is 0.356 e. The smallest absolute Gasteiger partial charge is 0.137 e. The van der Waals surface area contributed by atoms with Crippen LogP contribution in [0.15, 0.2) is 48.5 Å².